The van der Waals surface area contributed by atoms with Crippen LogP contribution in [0.5, 0.6) is 0 Å². The van der Waals surface area contributed by atoms with E-state index < -0.39 is 6.04 Å². The van der Waals surface area contributed by atoms with Crippen molar-refractivity contribution in [3.8, 4) is 0 Å². The van der Waals surface area contributed by atoms with Crippen molar-refractivity contribution >= 4 is 17.7 Å². The van der Waals surface area contributed by atoms with Crippen LogP contribution in [-0.2, 0) is 29.1 Å². The molecule has 1 fully saturated rings. The van der Waals surface area contributed by atoms with Crippen molar-refractivity contribution in [1.82, 2.24) is 20.5 Å². The van der Waals surface area contributed by atoms with Crippen LogP contribution in [0.3, 0.4) is 0 Å². The minimum absolute atomic E-state index is 0.203. The van der Waals surface area contributed by atoms with Crippen LogP contribution in [0.25, 0.3) is 0 Å². The largest absolute Gasteiger partial charge is 0.321 e. The van der Waals surface area contributed by atoms with Crippen LogP contribution in [0.1, 0.15) is 40.2 Å². The Bertz CT molecular complexity index is 700. The lowest BCUT2D eigenvalue weighted by atomic mass is 10.0. The highest BCUT2D eigenvalue weighted by Gasteiger charge is 2.40. The van der Waals surface area contributed by atoms with Crippen LogP contribution in [0.4, 0.5) is 0 Å². The van der Waals surface area contributed by atoms with Gasteiger partial charge in [0, 0.05) is 43.7 Å². The van der Waals surface area contributed by atoms with Crippen LogP contribution in [0.15, 0.2) is 6.07 Å². The van der Waals surface area contributed by atoms with Crippen LogP contribution in [-0.4, -0.2) is 40.2 Å². The summed E-state index contributed by atoms with van der Waals surface area (Å²) in [6.45, 7) is 2.02. The maximum Gasteiger partial charge on any atom is 0.273 e. The summed E-state index contributed by atoms with van der Waals surface area (Å²) in [4.78, 5) is 41.9. The molecule has 22 heavy (non-hydrogen) atoms. The number of nitrogens with one attached hydrogen (secondary N) is 2. The molecule has 1 atom stereocenters. The summed E-state index contributed by atoms with van der Waals surface area (Å²) in [6, 6.07) is 1.45. The van der Waals surface area contributed by atoms with Gasteiger partial charge in [-0.15, -0.1) is 0 Å². The van der Waals surface area contributed by atoms with Gasteiger partial charge in [0.1, 0.15) is 11.7 Å². The Morgan fingerprint density at radius 3 is 2.86 bits per heavy atom. The number of imide groups is 1. The number of hydrogen-bond donors (Lipinski definition) is 2. The van der Waals surface area contributed by atoms with Gasteiger partial charge in [0.05, 0.1) is 0 Å². The van der Waals surface area contributed by atoms with E-state index in [-0.39, 0.29) is 24.1 Å². The molecule has 4 heterocycles. The Kier molecular flexibility index (Phi) is 2.97. The molecule has 114 valence electrons. The Hall–Kier alpha value is -2.28. The zero-order valence-corrected chi connectivity index (χ0v) is 12.0. The van der Waals surface area contributed by atoms with Gasteiger partial charge in [0.25, 0.3) is 5.91 Å². The summed E-state index contributed by atoms with van der Waals surface area (Å²) < 4.78 is 0. The second kappa shape index (κ2) is 4.88. The first-order valence-electron chi connectivity index (χ1n) is 7.50. The van der Waals surface area contributed by atoms with Crippen molar-refractivity contribution in [2.45, 2.75) is 38.4 Å². The molecular formula is C15H16N4O3. The number of aromatic nitrogens is 1. The van der Waals surface area contributed by atoms with Crippen molar-refractivity contribution in [3.63, 3.8) is 0 Å². The fraction of sp³-hybridized carbons (Fsp3) is 0.467. The van der Waals surface area contributed by atoms with Crippen LogP contribution < -0.4 is 10.6 Å². The third-order valence-electron chi connectivity index (χ3n) is 4.51. The fourth-order valence-electron chi connectivity index (χ4n) is 3.37. The molecule has 3 aliphatic rings. The van der Waals surface area contributed by atoms with Gasteiger partial charge in [-0.25, -0.2) is 4.98 Å². The predicted molar refractivity (Wildman–Crippen MR) is 75.7 cm³/mol. The fourth-order valence-corrected chi connectivity index (χ4v) is 3.37. The van der Waals surface area contributed by atoms with Crippen molar-refractivity contribution in [2.24, 2.45) is 0 Å². The second-order valence-electron chi connectivity index (χ2n) is 5.93. The number of carbonyl (C=O) groups is 3. The van der Waals surface area contributed by atoms with Crippen LogP contribution in [0, 0.1) is 0 Å². The van der Waals surface area contributed by atoms with Crippen LogP contribution in [0.2, 0.25) is 0 Å². The smallest absolute Gasteiger partial charge is 0.273 e. The molecule has 0 saturated carbocycles. The van der Waals surface area contributed by atoms with Gasteiger partial charge >= 0.3 is 0 Å². The molecule has 0 spiro atoms. The summed E-state index contributed by atoms with van der Waals surface area (Å²) in [5.41, 5.74) is 3.43. The van der Waals surface area contributed by atoms with Gasteiger partial charge in [-0.1, -0.05) is 0 Å². The highest BCUT2D eigenvalue weighted by atomic mass is 16.2. The second-order valence-corrected chi connectivity index (χ2v) is 5.93. The summed E-state index contributed by atoms with van der Waals surface area (Å²) in [5.74, 6) is -0.861. The molecule has 2 N–H and O–H groups in total. The van der Waals surface area contributed by atoms with E-state index in [0.717, 1.165) is 36.3 Å². The number of nitrogens with zero attached hydrogens (tertiary/aromatic N) is 2. The van der Waals surface area contributed by atoms with E-state index in [0.29, 0.717) is 18.7 Å². The summed E-state index contributed by atoms with van der Waals surface area (Å²) in [6.07, 6.45) is 1.46. The predicted octanol–water partition coefficient (Wildman–Crippen LogP) is -0.512. The van der Waals surface area contributed by atoms with E-state index in [2.05, 4.69) is 15.6 Å². The number of amides is 3. The van der Waals surface area contributed by atoms with E-state index in [1.807, 2.05) is 6.07 Å². The summed E-state index contributed by atoms with van der Waals surface area (Å²) in [5, 5.41) is 5.60. The van der Waals surface area contributed by atoms with E-state index in [1.54, 1.807) is 4.90 Å². The molecule has 3 amide bonds. The zero-order valence-electron chi connectivity index (χ0n) is 12.0. The molecule has 0 aromatic carbocycles. The van der Waals surface area contributed by atoms with Gasteiger partial charge in [-0.3, -0.25) is 19.7 Å². The van der Waals surface area contributed by atoms with Gasteiger partial charge in [0.2, 0.25) is 11.8 Å². The normalized spacial score (nSPS) is 24.1. The van der Waals surface area contributed by atoms with E-state index in [4.69, 9.17) is 0 Å². The van der Waals surface area contributed by atoms with Crippen molar-refractivity contribution in [3.05, 3.63) is 28.6 Å². The van der Waals surface area contributed by atoms with Crippen molar-refractivity contribution < 1.29 is 14.4 Å². The molecule has 1 saturated heterocycles. The molecule has 1 aromatic rings. The number of pyridine rings is 1. The topological polar surface area (TPSA) is 91.4 Å². The average Bonchev–Trinajstić information content (AvgIpc) is 2.82. The molecule has 3 aliphatic heterocycles. The molecule has 1 aromatic heterocycles. The number of rotatable bonds is 1. The average molecular weight is 300 g/mol. The number of carbonyl (C=O) groups excluding carboxylic acids is 3. The molecular weight excluding hydrogens is 284 g/mol. The summed E-state index contributed by atoms with van der Waals surface area (Å²) in [7, 11) is 0. The van der Waals surface area contributed by atoms with E-state index >= 15 is 0 Å². The first-order chi connectivity index (χ1) is 10.6. The minimum Gasteiger partial charge on any atom is -0.321 e. The standard InChI is InChI=1S/C15H16N4O3/c20-12-2-1-11(14(21)18-12)19-7-9-5-8-6-16-4-3-10(8)17-13(9)15(19)22/h5,11,16H,1-4,6-7H2,(H,18,20,21). The summed E-state index contributed by atoms with van der Waals surface area (Å²) >= 11 is 0. The SMILES string of the molecule is O=C1CCC(N2Cc3cc4c(nc3C2=O)CCNC4)C(=O)N1. The quantitative estimate of drug-likeness (QED) is 0.682. The number of fused-ring (bicyclic) bond motifs is 2. The van der Waals surface area contributed by atoms with Crippen molar-refractivity contribution in [2.75, 3.05) is 6.54 Å². The van der Waals surface area contributed by atoms with Gasteiger partial charge < -0.3 is 10.2 Å². The van der Waals surface area contributed by atoms with Crippen LogP contribution >= 0.6 is 0 Å². The third-order valence-corrected chi connectivity index (χ3v) is 4.51. The van der Waals surface area contributed by atoms with Crippen molar-refractivity contribution in [1.29, 1.82) is 0 Å². The van der Waals surface area contributed by atoms with Gasteiger partial charge in [0.15, 0.2) is 0 Å². The Labute approximate surface area is 127 Å². The molecule has 0 radical (unpaired) electrons. The number of hydrogen-bond acceptors (Lipinski definition) is 5. The molecule has 0 aliphatic carbocycles. The zero-order chi connectivity index (χ0) is 15.3. The third kappa shape index (κ3) is 2.00. The van der Waals surface area contributed by atoms with E-state index in [1.165, 1.54) is 0 Å². The molecule has 0 bridgehead atoms. The monoisotopic (exact) mass is 300 g/mol. The Morgan fingerprint density at radius 1 is 1.18 bits per heavy atom. The lowest BCUT2D eigenvalue weighted by molar-refractivity contribution is -0.136. The molecule has 1 unspecified atom stereocenters. The first kappa shape index (κ1) is 13.4. The Balaban J connectivity index is 1.64. The molecule has 7 heteroatoms. The van der Waals surface area contributed by atoms with Gasteiger partial charge in [-0.2, -0.15) is 0 Å². The van der Waals surface area contributed by atoms with E-state index in [9.17, 15) is 14.4 Å². The highest BCUT2D eigenvalue weighted by Crippen LogP contribution is 2.28. The highest BCUT2D eigenvalue weighted by molar-refractivity contribution is 6.04. The van der Waals surface area contributed by atoms with Gasteiger partial charge in [-0.05, 0) is 18.1 Å². The Morgan fingerprint density at radius 2 is 2.05 bits per heavy atom. The maximum absolute atomic E-state index is 12.6. The maximum atomic E-state index is 12.6. The first-order valence-corrected chi connectivity index (χ1v) is 7.50. The minimum atomic E-state index is -0.574. The lowest BCUT2D eigenvalue weighted by Gasteiger charge is -2.29. The molecule has 4 rings (SSSR count). The molecule has 7 nitrogen and oxygen atoms in total. The lowest BCUT2D eigenvalue weighted by Crippen LogP contribution is -2.52. The number of piperidine rings is 1.